The smallest absolute Gasteiger partial charge is 0.175 e. The molecule has 1 aliphatic rings. The predicted octanol–water partition coefficient (Wildman–Crippen LogP) is 2.35. The van der Waals surface area contributed by atoms with Gasteiger partial charge in [-0.05, 0) is 28.9 Å². The highest BCUT2D eigenvalue weighted by molar-refractivity contribution is 9.10. The van der Waals surface area contributed by atoms with Crippen LogP contribution >= 0.6 is 15.9 Å². The molecule has 0 radical (unpaired) electrons. The first kappa shape index (κ1) is 10.5. The third-order valence-corrected chi connectivity index (χ3v) is 2.79. The zero-order chi connectivity index (χ0) is 10.8. The Morgan fingerprint density at radius 3 is 2.67 bits per heavy atom. The maximum atomic E-state index is 11.1. The molecule has 1 aromatic carbocycles. The van der Waals surface area contributed by atoms with E-state index < -0.39 is 0 Å². The van der Waals surface area contributed by atoms with Crippen molar-refractivity contribution in [2.45, 2.75) is 13.3 Å². The normalized spacial score (nSPS) is 13.7. The fraction of sp³-hybridized carbons (Fsp3) is 0.364. The molecular weight excluding hydrogens is 260 g/mol. The van der Waals surface area contributed by atoms with E-state index in [-0.39, 0.29) is 5.78 Å². The maximum Gasteiger partial charge on any atom is 0.175 e. The van der Waals surface area contributed by atoms with Gasteiger partial charge < -0.3 is 9.47 Å². The third-order valence-electron chi connectivity index (χ3n) is 2.16. The number of Topliss-reactive ketones (excluding diaryl/α,β-unsaturated/α-hetero) is 1. The second-order valence-electron chi connectivity index (χ2n) is 3.44. The largest absolute Gasteiger partial charge is 0.486 e. The average Bonchev–Trinajstić information content (AvgIpc) is 2.22. The van der Waals surface area contributed by atoms with Gasteiger partial charge in [0.25, 0.3) is 0 Å². The minimum absolute atomic E-state index is 0.119. The maximum absolute atomic E-state index is 11.1. The van der Waals surface area contributed by atoms with Crippen LogP contribution in [0.1, 0.15) is 12.5 Å². The molecule has 0 saturated carbocycles. The molecule has 0 bridgehead atoms. The van der Waals surface area contributed by atoms with Gasteiger partial charge in [0, 0.05) is 12.0 Å². The van der Waals surface area contributed by atoms with Gasteiger partial charge in [0.05, 0.1) is 4.47 Å². The number of halogens is 1. The standard InChI is InChI=1S/C11H11BrO3/c1-7(13)6-8-2-3-9(12)11-10(8)14-4-5-15-11/h2-3H,4-6H2,1H3. The molecule has 0 N–H and O–H groups in total. The molecule has 0 amide bonds. The summed E-state index contributed by atoms with van der Waals surface area (Å²) in [7, 11) is 0. The molecule has 2 rings (SSSR count). The number of benzene rings is 1. The molecule has 4 heteroatoms. The van der Waals surface area contributed by atoms with Gasteiger partial charge in [-0.15, -0.1) is 0 Å². The van der Waals surface area contributed by atoms with Crippen molar-refractivity contribution in [1.82, 2.24) is 0 Å². The number of carbonyl (C=O) groups is 1. The number of rotatable bonds is 2. The summed E-state index contributed by atoms with van der Waals surface area (Å²) >= 11 is 3.39. The molecule has 0 fully saturated rings. The highest BCUT2D eigenvalue weighted by Gasteiger charge is 2.19. The monoisotopic (exact) mass is 270 g/mol. The van der Waals surface area contributed by atoms with Crippen LogP contribution in [0.25, 0.3) is 0 Å². The van der Waals surface area contributed by atoms with Gasteiger partial charge in [-0.3, -0.25) is 4.79 Å². The van der Waals surface area contributed by atoms with Crippen LogP contribution in [-0.2, 0) is 11.2 Å². The zero-order valence-electron chi connectivity index (χ0n) is 8.38. The van der Waals surface area contributed by atoms with E-state index in [1.54, 1.807) is 6.92 Å². The van der Waals surface area contributed by atoms with Crippen LogP contribution in [-0.4, -0.2) is 19.0 Å². The minimum Gasteiger partial charge on any atom is -0.486 e. The Balaban J connectivity index is 2.43. The number of hydrogen-bond donors (Lipinski definition) is 0. The number of ether oxygens (including phenoxy) is 2. The van der Waals surface area contributed by atoms with Crippen molar-refractivity contribution in [1.29, 1.82) is 0 Å². The van der Waals surface area contributed by atoms with E-state index in [1.807, 2.05) is 12.1 Å². The molecule has 15 heavy (non-hydrogen) atoms. The third kappa shape index (κ3) is 2.15. The number of ketones is 1. The van der Waals surface area contributed by atoms with Crippen molar-refractivity contribution in [2.24, 2.45) is 0 Å². The van der Waals surface area contributed by atoms with Crippen LogP contribution in [0, 0.1) is 0 Å². The van der Waals surface area contributed by atoms with Crippen molar-refractivity contribution < 1.29 is 14.3 Å². The zero-order valence-corrected chi connectivity index (χ0v) is 9.96. The van der Waals surface area contributed by atoms with Crippen LogP contribution < -0.4 is 9.47 Å². The van der Waals surface area contributed by atoms with Crippen molar-refractivity contribution in [3.05, 3.63) is 22.2 Å². The van der Waals surface area contributed by atoms with Crippen molar-refractivity contribution in [3.8, 4) is 11.5 Å². The number of carbonyl (C=O) groups excluding carboxylic acids is 1. The van der Waals surface area contributed by atoms with Crippen LogP contribution in [0.15, 0.2) is 16.6 Å². The summed E-state index contributed by atoms with van der Waals surface area (Å²) in [5.74, 6) is 1.53. The van der Waals surface area contributed by atoms with Gasteiger partial charge in [0.1, 0.15) is 19.0 Å². The number of hydrogen-bond acceptors (Lipinski definition) is 3. The van der Waals surface area contributed by atoms with Gasteiger partial charge in [-0.1, -0.05) is 6.07 Å². The molecule has 0 atom stereocenters. The first-order chi connectivity index (χ1) is 7.18. The van der Waals surface area contributed by atoms with Crippen molar-refractivity contribution in [2.75, 3.05) is 13.2 Å². The second-order valence-corrected chi connectivity index (χ2v) is 4.29. The van der Waals surface area contributed by atoms with E-state index in [1.165, 1.54) is 0 Å². The fourth-order valence-corrected chi connectivity index (χ4v) is 1.99. The van der Waals surface area contributed by atoms with Gasteiger partial charge in [-0.2, -0.15) is 0 Å². The quantitative estimate of drug-likeness (QED) is 0.828. The van der Waals surface area contributed by atoms with Gasteiger partial charge in [-0.25, -0.2) is 0 Å². The molecule has 3 nitrogen and oxygen atoms in total. The SMILES string of the molecule is CC(=O)Cc1ccc(Br)c2c1OCCO2. The molecule has 0 saturated heterocycles. The number of fused-ring (bicyclic) bond motifs is 1. The summed E-state index contributed by atoms with van der Waals surface area (Å²) in [6.45, 7) is 2.65. The minimum atomic E-state index is 0.119. The second kappa shape index (κ2) is 4.23. The first-order valence-corrected chi connectivity index (χ1v) is 5.54. The molecule has 1 heterocycles. The van der Waals surface area contributed by atoms with Crippen molar-refractivity contribution >= 4 is 21.7 Å². The lowest BCUT2D eigenvalue weighted by atomic mass is 10.1. The molecule has 0 spiro atoms. The summed E-state index contributed by atoms with van der Waals surface area (Å²) in [6, 6.07) is 3.77. The average molecular weight is 271 g/mol. The molecule has 0 aliphatic carbocycles. The van der Waals surface area contributed by atoms with E-state index in [2.05, 4.69) is 15.9 Å². The van der Waals surface area contributed by atoms with Crippen LogP contribution in [0.5, 0.6) is 11.5 Å². The van der Waals surface area contributed by atoms with E-state index in [4.69, 9.17) is 9.47 Å². The van der Waals surface area contributed by atoms with E-state index in [9.17, 15) is 4.79 Å². The molecule has 0 aromatic heterocycles. The Labute approximate surface area is 96.5 Å². The molecular formula is C11H11BrO3. The Bertz CT molecular complexity index is 401. The molecule has 1 aliphatic heterocycles. The molecule has 0 unspecified atom stereocenters. The lowest BCUT2D eigenvalue weighted by molar-refractivity contribution is -0.116. The van der Waals surface area contributed by atoms with Crippen molar-refractivity contribution in [3.63, 3.8) is 0 Å². The Morgan fingerprint density at radius 1 is 1.33 bits per heavy atom. The summed E-state index contributed by atoms with van der Waals surface area (Å²) < 4.78 is 11.9. The fourth-order valence-electron chi connectivity index (χ4n) is 1.57. The van der Waals surface area contributed by atoms with Gasteiger partial charge in [0.15, 0.2) is 11.5 Å². The van der Waals surface area contributed by atoms with Crippen LogP contribution in [0.3, 0.4) is 0 Å². The Hall–Kier alpha value is -1.03. The summed E-state index contributed by atoms with van der Waals surface area (Å²) in [5, 5.41) is 0. The van der Waals surface area contributed by atoms with Crippen LogP contribution in [0.2, 0.25) is 0 Å². The van der Waals surface area contributed by atoms with Gasteiger partial charge in [0.2, 0.25) is 0 Å². The summed E-state index contributed by atoms with van der Waals surface area (Å²) in [6.07, 6.45) is 0.388. The highest BCUT2D eigenvalue weighted by Crippen LogP contribution is 2.40. The first-order valence-electron chi connectivity index (χ1n) is 4.75. The molecule has 1 aromatic rings. The summed E-state index contributed by atoms with van der Waals surface area (Å²) in [5.41, 5.74) is 0.889. The van der Waals surface area contributed by atoms with E-state index in [0.29, 0.717) is 31.1 Å². The topological polar surface area (TPSA) is 35.5 Å². The van der Waals surface area contributed by atoms with Crippen LogP contribution in [0.4, 0.5) is 0 Å². The lowest BCUT2D eigenvalue weighted by Gasteiger charge is -2.21. The van der Waals surface area contributed by atoms with Gasteiger partial charge >= 0.3 is 0 Å². The highest BCUT2D eigenvalue weighted by atomic mass is 79.9. The molecule has 80 valence electrons. The lowest BCUT2D eigenvalue weighted by Crippen LogP contribution is -2.17. The Morgan fingerprint density at radius 2 is 2.00 bits per heavy atom. The van der Waals surface area contributed by atoms with E-state index in [0.717, 1.165) is 10.0 Å². The Kier molecular flexibility index (Phi) is 2.95. The van der Waals surface area contributed by atoms with E-state index >= 15 is 0 Å². The predicted molar refractivity (Wildman–Crippen MR) is 59.5 cm³/mol. The summed E-state index contributed by atoms with van der Waals surface area (Å²) in [4.78, 5) is 11.1.